The number of nitrogens with one attached hydrogen (secondary N) is 1. The van der Waals surface area contributed by atoms with Crippen LogP contribution >= 0.6 is 0 Å². The third-order valence-electron chi connectivity index (χ3n) is 9.85. The van der Waals surface area contributed by atoms with E-state index >= 15 is 0 Å². The normalized spacial score (nSPS) is 28.6. The Bertz CT molecular complexity index is 1450. The molecule has 5 atom stereocenters. The molecule has 2 saturated heterocycles. The van der Waals surface area contributed by atoms with Gasteiger partial charge in [0.05, 0.1) is 23.0 Å². The maximum atomic E-state index is 14.0. The molecule has 2 aromatic rings. The van der Waals surface area contributed by atoms with Crippen LogP contribution in [0.1, 0.15) is 77.7 Å². The van der Waals surface area contributed by atoms with Gasteiger partial charge in [-0.25, -0.2) is 14.6 Å². The SMILES string of the molecule is CN1CCC(Oc2c3c(nc4ccncc24)OC2CC(C(=O)O)N(C2)C(=O)C(C(C)(C)C)NC(=O)OC2CC2CCCCC3)CC1. The number of carboxylic acid groups (broad SMARTS) is 1. The Morgan fingerprint density at radius 1 is 1.09 bits per heavy atom. The molecule has 12 heteroatoms. The summed E-state index contributed by atoms with van der Waals surface area (Å²) in [6.07, 6.45) is 9.31. The number of aliphatic carboxylic acids is 1. The standard InChI is InChI=1S/C34H47N5O7/c1-34(2,3)29-31(40)39-19-22(17-26(39)32(41)42)45-30-23(9-7-5-6-8-20-16-27(20)46-33(43)37-29)28(24-18-35-13-10-25(24)36-30)44-21-11-14-38(4)15-12-21/h10,13,18,20-22,26-27,29H,5-9,11-12,14-17,19H2,1-4H3,(H,37,43)(H,41,42). The number of nitrogens with zero attached hydrogens (tertiary/aromatic N) is 4. The fourth-order valence-electron chi connectivity index (χ4n) is 6.99. The number of alkyl carbamates (subject to hydrolysis) is 1. The van der Waals surface area contributed by atoms with E-state index in [-0.39, 0.29) is 25.2 Å². The number of pyridine rings is 2. The Morgan fingerprint density at radius 3 is 2.61 bits per heavy atom. The number of carboxylic acids is 1. The van der Waals surface area contributed by atoms with Crippen LogP contribution in [0.3, 0.4) is 0 Å². The van der Waals surface area contributed by atoms with Crippen molar-refractivity contribution in [2.45, 2.75) is 109 Å². The van der Waals surface area contributed by atoms with E-state index in [0.29, 0.717) is 23.7 Å². The van der Waals surface area contributed by atoms with Crippen molar-refractivity contribution in [1.82, 2.24) is 25.1 Å². The van der Waals surface area contributed by atoms with Gasteiger partial charge in [0.15, 0.2) is 0 Å². The minimum Gasteiger partial charge on any atom is -0.489 e. The highest BCUT2D eigenvalue weighted by atomic mass is 16.6. The molecule has 2 N–H and O–H groups in total. The molecular formula is C34H47N5O7. The first-order chi connectivity index (χ1) is 22.0. The molecule has 4 aliphatic rings. The Balaban J connectivity index is 1.36. The van der Waals surface area contributed by atoms with Crippen LogP contribution in [-0.4, -0.2) is 99.9 Å². The summed E-state index contributed by atoms with van der Waals surface area (Å²) in [6.45, 7) is 7.48. The second kappa shape index (κ2) is 13.2. The first-order valence-corrected chi connectivity index (χ1v) is 16.8. The molecule has 46 heavy (non-hydrogen) atoms. The highest BCUT2D eigenvalue weighted by Gasteiger charge is 2.47. The lowest BCUT2D eigenvalue weighted by Gasteiger charge is -2.34. The maximum absolute atomic E-state index is 14.0. The molecule has 3 fully saturated rings. The number of aromatic nitrogens is 2. The summed E-state index contributed by atoms with van der Waals surface area (Å²) >= 11 is 0. The lowest BCUT2D eigenvalue weighted by molar-refractivity contribution is -0.150. The van der Waals surface area contributed by atoms with Crippen LogP contribution in [0, 0.1) is 11.3 Å². The first-order valence-electron chi connectivity index (χ1n) is 16.8. The van der Waals surface area contributed by atoms with Crippen molar-refractivity contribution in [2.24, 2.45) is 11.3 Å². The van der Waals surface area contributed by atoms with Gasteiger partial charge in [0.25, 0.3) is 0 Å². The third kappa shape index (κ3) is 7.16. The second-order valence-corrected chi connectivity index (χ2v) is 14.5. The van der Waals surface area contributed by atoms with Crippen molar-refractivity contribution in [3.63, 3.8) is 0 Å². The van der Waals surface area contributed by atoms with E-state index in [1.165, 1.54) is 4.90 Å². The molecule has 2 aromatic heterocycles. The zero-order chi connectivity index (χ0) is 32.6. The number of carbonyl (C=O) groups is 3. The molecule has 6 rings (SSSR count). The highest BCUT2D eigenvalue weighted by Crippen LogP contribution is 2.41. The number of hydrogen-bond acceptors (Lipinski definition) is 9. The lowest BCUT2D eigenvalue weighted by Crippen LogP contribution is -2.57. The van der Waals surface area contributed by atoms with Gasteiger partial charge in [-0.2, -0.15) is 0 Å². The number of piperidine rings is 1. The molecule has 2 bridgehead atoms. The number of likely N-dealkylation sites (tertiary alicyclic amines) is 1. The predicted octanol–water partition coefficient (Wildman–Crippen LogP) is 4.18. The number of hydrogen-bond donors (Lipinski definition) is 2. The van der Waals surface area contributed by atoms with Crippen LogP contribution in [0.5, 0.6) is 11.6 Å². The summed E-state index contributed by atoms with van der Waals surface area (Å²) in [4.78, 5) is 52.3. The van der Waals surface area contributed by atoms with Crippen LogP contribution in [0.4, 0.5) is 4.79 Å². The maximum Gasteiger partial charge on any atom is 0.408 e. The second-order valence-electron chi connectivity index (χ2n) is 14.5. The fraction of sp³-hybridized carbons (Fsp3) is 0.676. The van der Waals surface area contributed by atoms with Gasteiger partial charge in [0, 0.05) is 31.9 Å². The molecule has 5 heterocycles. The first kappa shape index (κ1) is 32.3. The topological polar surface area (TPSA) is 143 Å². The summed E-state index contributed by atoms with van der Waals surface area (Å²) in [5.74, 6) is -0.128. The third-order valence-corrected chi connectivity index (χ3v) is 9.85. The fourth-order valence-corrected chi connectivity index (χ4v) is 6.99. The van der Waals surface area contributed by atoms with E-state index < -0.39 is 41.6 Å². The summed E-state index contributed by atoms with van der Waals surface area (Å²) in [6, 6.07) is -0.257. The zero-order valence-electron chi connectivity index (χ0n) is 27.4. The number of amides is 2. The van der Waals surface area contributed by atoms with E-state index in [1.807, 2.05) is 26.8 Å². The van der Waals surface area contributed by atoms with Gasteiger partial charge in [-0.3, -0.25) is 9.78 Å². The van der Waals surface area contributed by atoms with Crippen molar-refractivity contribution in [2.75, 3.05) is 26.7 Å². The van der Waals surface area contributed by atoms with Gasteiger partial charge in [-0.1, -0.05) is 33.6 Å². The molecule has 250 valence electrons. The summed E-state index contributed by atoms with van der Waals surface area (Å²) in [7, 11) is 2.12. The van der Waals surface area contributed by atoms with Crippen LogP contribution in [0.25, 0.3) is 10.9 Å². The van der Waals surface area contributed by atoms with Gasteiger partial charge >= 0.3 is 12.1 Å². The minimum absolute atomic E-state index is 0.0461. The highest BCUT2D eigenvalue weighted by molar-refractivity contribution is 5.90. The van der Waals surface area contributed by atoms with Gasteiger partial charge in [-0.05, 0) is 63.0 Å². The molecule has 0 aromatic carbocycles. The van der Waals surface area contributed by atoms with Crippen LogP contribution in [0.15, 0.2) is 18.5 Å². The summed E-state index contributed by atoms with van der Waals surface area (Å²) in [5, 5.41) is 13.8. The molecule has 1 saturated carbocycles. The molecule has 3 aliphatic heterocycles. The van der Waals surface area contributed by atoms with Gasteiger partial charge in [0.2, 0.25) is 11.8 Å². The minimum atomic E-state index is -1.12. The Labute approximate surface area is 270 Å². The van der Waals surface area contributed by atoms with E-state index in [0.717, 1.165) is 74.7 Å². The largest absolute Gasteiger partial charge is 0.489 e. The molecular weight excluding hydrogens is 590 g/mol. The molecule has 0 spiro atoms. The van der Waals surface area contributed by atoms with Gasteiger partial charge < -0.3 is 34.4 Å². The summed E-state index contributed by atoms with van der Waals surface area (Å²) < 4.78 is 19.1. The number of carbonyl (C=O) groups excluding carboxylic acids is 2. The molecule has 1 aliphatic carbocycles. The summed E-state index contributed by atoms with van der Waals surface area (Å²) in [5.41, 5.74) is 0.864. The van der Waals surface area contributed by atoms with Crippen molar-refractivity contribution >= 4 is 28.9 Å². The van der Waals surface area contributed by atoms with Gasteiger partial charge in [-0.15, -0.1) is 0 Å². The van der Waals surface area contributed by atoms with Crippen molar-refractivity contribution in [1.29, 1.82) is 0 Å². The Hall–Kier alpha value is -3.67. The van der Waals surface area contributed by atoms with Crippen LogP contribution in [0.2, 0.25) is 0 Å². The average molecular weight is 638 g/mol. The van der Waals surface area contributed by atoms with E-state index in [1.54, 1.807) is 12.4 Å². The van der Waals surface area contributed by atoms with E-state index in [9.17, 15) is 19.5 Å². The Kier molecular flexibility index (Phi) is 9.27. The number of ether oxygens (including phenoxy) is 3. The van der Waals surface area contributed by atoms with Crippen LogP contribution < -0.4 is 14.8 Å². The van der Waals surface area contributed by atoms with Crippen molar-refractivity contribution in [3.8, 4) is 11.6 Å². The average Bonchev–Trinajstić information content (AvgIpc) is 3.59. The quantitative estimate of drug-likeness (QED) is 0.503. The van der Waals surface area contributed by atoms with Crippen molar-refractivity contribution < 1.29 is 33.7 Å². The smallest absolute Gasteiger partial charge is 0.408 e. The molecule has 2 amide bonds. The molecule has 5 unspecified atom stereocenters. The zero-order valence-corrected chi connectivity index (χ0v) is 27.4. The monoisotopic (exact) mass is 637 g/mol. The Morgan fingerprint density at radius 2 is 1.87 bits per heavy atom. The van der Waals surface area contributed by atoms with E-state index in [4.69, 9.17) is 19.2 Å². The lowest BCUT2D eigenvalue weighted by atomic mass is 9.85. The number of rotatable bonds is 3. The predicted molar refractivity (Wildman–Crippen MR) is 170 cm³/mol. The molecule has 0 radical (unpaired) electrons. The molecule has 12 nitrogen and oxygen atoms in total. The van der Waals surface area contributed by atoms with Crippen molar-refractivity contribution in [3.05, 3.63) is 24.0 Å². The van der Waals surface area contributed by atoms with Gasteiger partial charge in [0.1, 0.15) is 36.1 Å². The number of fused-ring (bicyclic) bond motifs is 5. The van der Waals surface area contributed by atoms with Crippen LogP contribution in [-0.2, 0) is 20.7 Å². The van der Waals surface area contributed by atoms with E-state index in [2.05, 4.69) is 22.2 Å².